The van der Waals surface area contributed by atoms with Crippen molar-refractivity contribution in [2.24, 2.45) is 0 Å². The fourth-order valence-electron chi connectivity index (χ4n) is 0.898. The molecule has 0 aromatic heterocycles. The van der Waals surface area contributed by atoms with E-state index in [1.165, 1.54) is 12.1 Å². The number of benzene rings is 1. The van der Waals surface area contributed by atoms with Gasteiger partial charge in [0.05, 0.1) is 0 Å². The van der Waals surface area contributed by atoms with Gasteiger partial charge >= 0.3 is 29.6 Å². The minimum Gasteiger partial charge on any atom is -0.746 e. The Labute approximate surface area is 105 Å². The first kappa shape index (κ1) is 14.1. The van der Waals surface area contributed by atoms with Gasteiger partial charge in [0, 0.05) is 0 Å². The van der Waals surface area contributed by atoms with Crippen molar-refractivity contribution in [1.29, 1.82) is 0 Å². The fraction of sp³-hybridized carbons (Fsp3) is 0.250. The summed E-state index contributed by atoms with van der Waals surface area (Å²) in [6, 6.07) is 6.08. The molecule has 0 saturated carbocycles. The summed E-state index contributed by atoms with van der Waals surface area (Å²) in [5, 5.41) is 9.05. The molecule has 6 heteroatoms. The molecule has 1 atom stereocenters. The zero-order chi connectivity index (χ0) is 10.1. The van der Waals surface area contributed by atoms with Crippen LogP contribution in [-0.2, 0) is 10.1 Å². The maximum absolute atomic E-state index is 10.4. The van der Waals surface area contributed by atoms with Gasteiger partial charge in [-0.3, -0.25) is 0 Å². The van der Waals surface area contributed by atoms with Crippen molar-refractivity contribution in [3.8, 4) is 0 Å². The van der Waals surface area contributed by atoms with E-state index in [4.69, 9.17) is 5.11 Å². The molecule has 0 amide bonds. The van der Waals surface area contributed by atoms with E-state index in [9.17, 15) is 13.0 Å². The summed E-state index contributed by atoms with van der Waals surface area (Å²) < 4.78 is 31.2. The number of aryl methyl sites for hydroxylation is 1. The standard InChI is InChI=1S/C8H10O4S.Na/c1-6-2-4-7(5-3-6)8(9)13(10,11)12;/h2-5,8-9H,1H3,(H,10,11,12);/q;+1/p-1. The summed E-state index contributed by atoms with van der Waals surface area (Å²) in [4.78, 5) is 0. The Morgan fingerprint density at radius 1 is 1.29 bits per heavy atom. The molecule has 1 unspecified atom stereocenters. The average Bonchev–Trinajstić information content (AvgIpc) is 2.03. The van der Waals surface area contributed by atoms with E-state index >= 15 is 0 Å². The van der Waals surface area contributed by atoms with Crippen LogP contribution in [0, 0.1) is 6.92 Å². The first-order valence-corrected chi connectivity index (χ1v) is 5.08. The Kier molecular flexibility index (Phi) is 5.28. The minimum absolute atomic E-state index is 0. The molecule has 0 aliphatic heterocycles. The number of rotatable bonds is 2. The van der Waals surface area contributed by atoms with Crippen LogP contribution in [-0.4, -0.2) is 18.1 Å². The molecule has 0 aliphatic carbocycles. The topological polar surface area (TPSA) is 77.4 Å². The first-order chi connectivity index (χ1) is 5.91. The predicted molar refractivity (Wildman–Crippen MR) is 45.8 cm³/mol. The Hall–Kier alpha value is 0.0900. The summed E-state index contributed by atoms with van der Waals surface area (Å²) in [5.74, 6) is 0. The second kappa shape index (κ2) is 5.25. The molecule has 0 fully saturated rings. The fourth-order valence-corrected chi connectivity index (χ4v) is 1.39. The summed E-state index contributed by atoms with van der Waals surface area (Å²) in [6.07, 6.45) is 0. The van der Waals surface area contributed by atoms with Crippen LogP contribution in [0.2, 0.25) is 0 Å². The van der Waals surface area contributed by atoms with E-state index in [2.05, 4.69) is 0 Å². The SMILES string of the molecule is Cc1ccc(C(O)S(=O)(=O)[O-])cc1.[Na+]. The molecule has 72 valence electrons. The largest absolute Gasteiger partial charge is 1.00 e. The van der Waals surface area contributed by atoms with E-state index in [0.717, 1.165) is 5.56 Å². The molecule has 0 radical (unpaired) electrons. The molecular formula is C8H9NaO4S. The summed E-state index contributed by atoms with van der Waals surface area (Å²) in [7, 11) is -4.66. The van der Waals surface area contributed by atoms with Gasteiger partial charge in [-0.25, -0.2) is 8.42 Å². The zero-order valence-corrected chi connectivity index (χ0v) is 10.8. The van der Waals surface area contributed by atoms with E-state index in [1.54, 1.807) is 12.1 Å². The van der Waals surface area contributed by atoms with Crippen LogP contribution in [0.1, 0.15) is 16.6 Å². The summed E-state index contributed by atoms with van der Waals surface area (Å²) in [6.45, 7) is 1.82. The second-order valence-electron chi connectivity index (χ2n) is 2.76. The first-order valence-electron chi connectivity index (χ1n) is 3.60. The van der Waals surface area contributed by atoms with Crippen LogP contribution in [0.3, 0.4) is 0 Å². The predicted octanol–water partition coefficient (Wildman–Crippen LogP) is -2.46. The van der Waals surface area contributed by atoms with Crippen molar-refractivity contribution in [3.63, 3.8) is 0 Å². The van der Waals surface area contributed by atoms with E-state index in [1.807, 2.05) is 6.92 Å². The van der Waals surface area contributed by atoms with Crippen LogP contribution >= 0.6 is 0 Å². The van der Waals surface area contributed by atoms with Crippen molar-refractivity contribution in [1.82, 2.24) is 0 Å². The van der Waals surface area contributed by atoms with Gasteiger partial charge in [0.2, 0.25) is 0 Å². The molecule has 4 nitrogen and oxygen atoms in total. The van der Waals surface area contributed by atoms with Crippen LogP contribution < -0.4 is 29.6 Å². The second-order valence-corrected chi connectivity index (χ2v) is 4.19. The average molecular weight is 224 g/mol. The van der Waals surface area contributed by atoms with Gasteiger partial charge in [-0.2, -0.15) is 0 Å². The minimum atomic E-state index is -4.66. The quantitative estimate of drug-likeness (QED) is 0.446. The van der Waals surface area contributed by atoms with Gasteiger partial charge in [0.15, 0.2) is 5.44 Å². The number of hydrogen-bond donors (Lipinski definition) is 1. The van der Waals surface area contributed by atoms with Crippen molar-refractivity contribution >= 4 is 10.1 Å². The molecular weight excluding hydrogens is 215 g/mol. The smallest absolute Gasteiger partial charge is 0.746 e. The molecule has 0 spiro atoms. The number of aliphatic hydroxyl groups is 1. The molecule has 0 heterocycles. The Morgan fingerprint density at radius 2 is 1.71 bits per heavy atom. The molecule has 1 aromatic carbocycles. The Balaban J connectivity index is 0.00000169. The third-order valence-corrected chi connectivity index (χ3v) is 2.45. The van der Waals surface area contributed by atoms with Crippen molar-refractivity contribution in [3.05, 3.63) is 35.4 Å². The summed E-state index contributed by atoms with van der Waals surface area (Å²) in [5.41, 5.74) is -0.937. The van der Waals surface area contributed by atoms with Crippen molar-refractivity contribution in [2.45, 2.75) is 12.4 Å². The maximum Gasteiger partial charge on any atom is 1.00 e. The number of aliphatic hydroxyl groups excluding tert-OH is 1. The van der Waals surface area contributed by atoms with Crippen LogP contribution in [0.4, 0.5) is 0 Å². The van der Waals surface area contributed by atoms with Gasteiger partial charge in [0.25, 0.3) is 0 Å². The molecule has 0 saturated heterocycles. The van der Waals surface area contributed by atoms with Crippen molar-refractivity contribution < 1.29 is 47.6 Å². The number of hydrogen-bond acceptors (Lipinski definition) is 4. The Morgan fingerprint density at radius 3 is 2.07 bits per heavy atom. The molecule has 0 aliphatic rings. The molecule has 0 bridgehead atoms. The third kappa shape index (κ3) is 3.68. The molecule has 14 heavy (non-hydrogen) atoms. The van der Waals surface area contributed by atoms with Gasteiger partial charge in [-0.15, -0.1) is 0 Å². The van der Waals surface area contributed by atoms with Gasteiger partial charge in [-0.1, -0.05) is 29.8 Å². The van der Waals surface area contributed by atoms with Gasteiger partial charge < -0.3 is 9.66 Å². The van der Waals surface area contributed by atoms with Gasteiger partial charge in [0.1, 0.15) is 10.1 Å². The third-order valence-electron chi connectivity index (χ3n) is 1.64. The van der Waals surface area contributed by atoms with Crippen LogP contribution in [0.15, 0.2) is 24.3 Å². The molecule has 1 aromatic rings. The normalized spacial score (nSPS) is 13.1. The monoisotopic (exact) mass is 224 g/mol. The van der Waals surface area contributed by atoms with Crippen LogP contribution in [0.5, 0.6) is 0 Å². The Bertz CT molecular complexity index is 384. The zero-order valence-electron chi connectivity index (χ0n) is 7.97. The maximum atomic E-state index is 10.4. The molecule has 1 N–H and O–H groups in total. The van der Waals surface area contributed by atoms with Crippen molar-refractivity contribution in [2.75, 3.05) is 0 Å². The van der Waals surface area contributed by atoms with E-state index in [0.29, 0.717) is 0 Å². The van der Waals surface area contributed by atoms with Gasteiger partial charge in [-0.05, 0) is 12.5 Å². The van der Waals surface area contributed by atoms with E-state index < -0.39 is 15.6 Å². The summed E-state index contributed by atoms with van der Waals surface area (Å²) >= 11 is 0. The van der Waals surface area contributed by atoms with Crippen LogP contribution in [0.25, 0.3) is 0 Å². The van der Waals surface area contributed by atoms with E-state index in [-0.39, 0.29) is 35.1 Å². The molecule has 1 rings (SSSR count).